The van der Waals surface area contributed by atoms with E-state index in [1.54, 1.807) is 6.20 Å². The number of rotatable bonds is 3. The summed E-state index contributed by atoms with van der Waals surface area (Å²) < 4.78 is 6.09. The van der Waals surface area contributed by atoms with Gasteiger partial charge in [0.25, 0.3) is 0 Å². The lowest BCUT2D eigenvalue weighted by Crippen LogP contribution is -2.00. The Kier molecular flexibility index (Phi) is 5.13. The molecule has 0 aliphatic rings. The van der Waals surface area contributed by atoms with Crippen LogP contribution in [0, 0.1) is 0 Å². The molecule has 3 aromatic heterocycles. The lowest BCUT2D eigenvalue weighted by atomic mass is 9.95. The van der Waals surface area contributed by atoms with Gasteiger partial charge in [0, 0.05) is 33.7 Å². The molecule has 5 heteroatoms. The van der Waals surface area contributed by atoms with Gasteiger partial charge in [-0.2, -0.15) is 0 Å². The number of furan rings is 1. The van der Waals surface area contributed by atoms with Gasteiger partial charge in [0.15, 0.2) is 17.5 Å². The first-order chi connectivity index (χ1) is 21.3. The van der Waals surface area contributed by atoms with Crippen LogP contribution in [-0.2, 0) is 0 Å². The highest BCUT2D eigenvalue weighted by Crippen LogP contribution is 2.37. The van der Waals surface area contributed by atoms with Crippen molar-refractivity contribution in [2.24, 2.45) is 0 Å². The fourth-order valence-corrected chi connectivity index (χ4v) is 6.15. The van der Waals surface area contributed by atoms with E-state index in [9.17, 15) is 0 Å². The number of hydrogen-bond donors (Lipinski definition) is 0. The van der Waals surface area contributed by atoms with Crippen LogP contribution in [0.5, 0.6) is 0 Å². The van der Waals surface area contributed by atoms with Gasteiger partial charge < -0.3 is 4.42 Å². The molecule has 3 heterocycles. The van der Waals surface area contributed by atoms with Gasteiger partial charge in [-0.25, -0.2) is 19.9 Å². The van der Waals surface area contributed by atoms with Crippen molar-refractivity contribution in [2.45, 2.75) is 0 Å². The van der Waals surface area contributed by atoms with Crippen molar-refractivity contribution in [3.8, 4) is 34.2 Å². The molecule has 0 saturated carbocycles. The zero-order valence-electron chi connectivity index (χ0n) is 22.9. The maximum absolute atomic E-state index is 6.09. The van der Waals surface area contributed by atoms with Crippen LogP contribution < -0.4 is 0 Å². The van der Waals surface area contributed by atoms with Crippen molar-refractivity contribution >= 4 is 54.4 Å². The summed E-state index contributed by atoms with van der Waals surface area (Å²) in [4.78, 5) is 19.6. The maximum atomic E-state index is 6.09. The number of hydrogen-bond acceptors (Lipinski definition) is 5. The quantitative estimate of drug-likeness (QED) is 0.205. The van der Waals surface area contributed by atoms with E-state index in [4.69, 9.17) is 19.4 Å². The molecule has 0 unspecified atom stereocenters. The third-order valence-electron chi connectivity index (χ3n) is 8.17. The first kappa shape index (κ1) is 23.7. The maximum Gasteiger partial charge on any atom is 0.227 e. The smallest absolute Gasteiger partial charge is 0.227 e. The van der Waals surface area contributed by atoms with Crippen LogP contribution in [0.2, 0.25) is 0 Å². The highest BCUT2D eigenvalue weighted by atomic mass is 16.3. The van der Waals surface area contributed by atoms with Gasteiger partial charge >= 0.3 is 0 Å². The monoisotopic (exact) mass is 550 g/mol. The molecule has 200 valence electrons. The van der Waals surface area contributed by atoms with Crippen molar-refractivity contribution in [3.05, 3.63) is 134 Å². The second kappa shape index (κ2) is 9.29. The summed E-state index contributed by atoms with van der Waals surface area (Å²) in [6.45, 7) is 0. The van der Waals surface area contributed by atoms with Crippen LogP contribution in [0.4, 0.5) is 0 Å². The van der Waals surface area contributed by atoms with Gasteiger partial charge in [-0.3, -0.25) is 0 Å². The van der Waals surface area contributed by atoms with E-state index < -0.39 is 0 Å². The summed E-state index contributed by atoms with van der Waals surface area (Å²) in [6, 6.07) is 43.8. The Morgan fingerprint density at radius 1 is 0.442 bits per heavy atom. The summed E-state index contributed by atoms with van der Waals surface area (Å²) in [5, 5.41) is 9.11. The van der Waals surface area contributed by atoms with E-state index in [0.717, 1.165) is 33.0 Å². The van der Waals surface area contributed by atoms with Gasteiger partial charge in [0.2, 0.25) is 5.71 Å². The number of fused-ring (bicyclic) bond motifs is 8. The topological polar surface area (TPSA) is 64.7 Å². The molecule has 0 spiro atoms. The van der Waals surface area contributed by atoms with Gasteiger partial charge in [-0.05, 0) is 56.6 Å². The van der Waals surface area contributed by atoms with E-state index >= 15 is 0 Å². The minimum Gasteiger partial charge on any atom is -0.438 e. The van der Waals surface area contributed by atoms with Crippen molar-refractivity contribution < 1.29 is 4.42 Å². The molecule has 43 heavy (non-hydrogen) atoms. The minimum absolute atomic E-state index is 0.587. The largest absolute Gasteiger partial charge is 0.438 e. The van der Waals surface area contributed by atoms with Gasteiger partial charge in [0.05, 0.1) is 0 Å². The average Bonchev–Trinajstić information content (AvgIpc) is 3.47. The molecule has 0 N–H and O–H groups in total. The van der Waals surface area contributed by atoms with Crippen LogP contribution in [0.3, 0.4) is 0 Å². The van der Waals surface area contributed by atoms with Gasteiger partial charge in [-0.1, -0.05) is 103 Å². The Labute approximate surface area is 246 Å². The summed E-state index contributed by atoms with van der Waals surface area (Å²) in [5.74, 6) is 1.82. The van der Waals surface area contributed by atoms with Crippen molar-refractivity contribution in [3.63, 3.8) is 0 Å². The van der Waals surface area contributed by atoms with Gasteiger partial charge in [-0.15, -0.1) is 0 Å². The summed E-state index contributed by atoms with van der Waals surface area (Å²) in [5.41, 5.74) is 4.08. The molecule has 0 atom stereocenters. The summed E-state index contributed by atoms with van der Waals surface area (Å²) in [7, 11) is 0. The molecule has 0 aliphatic carbocycles. The SMILES string of the molecule is c1ccc(-c2nc(-c3ccc4ccc5ccc6ccccc6c5c4c3)nc(-c3cccc4oc5ncccc5c34)n2)cc1. The standard InChI is InChI=1S/C38H22N4O/c1-2-9-26(10-3-1)35-40-36(42-37(41-35)29-12-6-14-32-34(29)30-13-7-21-39-38(30)43-32)27-20-17-24-16-19-25-18-15-23-8-4-5-11-28(23)33(25)31(24)22-27/h1-22H. The molecule has 6 aromatic carbocycles. The second-order valence-corrected chi connectivity index (χ2v) is 10.7. The van der Waals surface area contributed by atoms with E-state index in [0.29, 0.717) is 23.2 Å². The normalized spacial score (nSPS) is 11.7. The number of aromatic nitrogens is 4. The molecular formula is C38H22N4O. The molecule has 9 rings (SSSR count). The Bertz CT molecular complexity index is 2510. The highest BCUT2D eigenvalue weighted by Gasteiger charge is 2.18. The van der Waals surface area contributed by atoms with Crippen LogP contribution >= 0.6 is 0 Å². The molecule has 5 nitrogen and oxygen atoms in total. The summed E-state index contributed by atoms with van der Waals surface area (Å²) >= 11 is 0. The molecule has 9 aromatic rings. The molecule has 0 amide bonds. The Morgan fingerprint density at radius 2 is 1.14 bits per heavy atom. The average molecular weight is 551 g/mol. The molecular weight excluding hydrogens is 528 g/mol. The van der Waals surface area contributed by atoms with E-state index in [1.807, 2.05) is 60.7 Å². The van der Waals surface area contributed by atoms with Crippen molar-refractivity contribution in [1.82, 2.24) is 19.9 Å². The van der Waals surface area contributed by atoms with E-state index in [1.165, 1.54) is 32.3 Å². The van der Waals surface area contributed by atoms with Crippen LogP contribution in [0.1, 0.15) is 0 Å². The number of benzene rings is 6. The van der Waals surface area contributed by atoms with Crippen LogP contribution in [-0.4, -0.2) is 19.9 Å². The van der Waals surface area contributed by atoms with Crippen molar-refractivity contribution in [1.29, 1.82) is 0 Å². The molecule has 0 saturated heterocycles. The highest BCUT2D eigenvalue weighted by molar-refractivity contribution is 6.20. The molecule has 0 radical (unpaired) electrons. The number of pyridine rings is 1. The van der Waals surface area contributed by atoms with E-state index in [-0.39, 0.29) is 0 Å². The van der Waals surface area contributed by atoms with Crippen LogP contribution in [0.25, 0.3) is 88.5 Å². The van der Waals surface area contributed by atoms with Crippen molar-refractivity contribution in [2.75, 3.05) is 0 Å². The lowest BCUT2D eigenvalue weighted by molar-refractivity contribution is 0.654. The molecule has 0 aliphatic heterocycles. The Morgan fingerprint density at radius 3 is 2.02 bits per heavy atom. The zero-order valence-corrected chi connectivity index (χ0v) is 22.9. The third kappa shape index (κ3) is 3.79. The fourth-order valence-electron chi connectivity index (χ4n) is 6.15. The molecule has 0 bridgehead atoms. The molecule has 0 fully saturated rings. The van der Waals surface area contributed by atoms with Gasteiger partial charge in [0.1, 0.15) is 5.58 Å². The minimum atomic E-state index is 0.587. The fraction of sp³-hybridized carbons (Fsp3) is 0. The third-order valence-corrected chi connectivity index (χ3v) is 8.17. The number of nitrogens with zero attached hydrogens (tertiary/aromatic N) is 4. The second-order valence-electron chi connectivity index (χ2n) is 10.7. The zero-order chi connectivity index (χ0) is 28.3. The Balaban J connectivity index is 1.33. The van der Waals surface area contributed by atoms with E-state index in [2.05, 4.69) is 71.7 Å². The first-order valence-corrected chi connectivity index (χ1v) is 14.2. The lowest BCUT2D eigenvalue weighted by Gasteiger charge is -2.11. The predicted octanol–water partition coefficient (Wildman–Crippen LogP) is 9.63. The first-order valence-electron chi connectivity index (χ1n) is 14.2. The summed E-state index contributed by atoms with van der Waals surface area (Å²) in [6.07, 6.45) is 1.74. The van der Waals surface area contributed by atoms with Crippen LogP contribution in [0.15, 0.2) is 138 Å². The Hall–Kier alpha value is -5.94. The predicted molar refractivity (Wildman–Crippen MR) is 174 cm³/mol.